The number of hydrogen-bond acceptors (Lipinski definition) is 3. The summed E-state index contributed by atoms with van der Waals surface area (Å²) >= 11 is 0. The van der Waals surface area contributed by atoms with Gasteiger partial charge in [-0.25, -0.2) is 4.98 Å². The van der Waals surface area contributed by atoms with Crippen LogP contribution < -0.4 is 0 Å². The van der Waals surface area contributed by atoms with Gasteiger partial charge >= 0.3 is 0 Å². The van der Waals surface area contributed by atoms with Gasteiger partial charge < -0.3 is 4.57 Å². The molecule has 140 valence electrons. The Morgan fingerprint density at radius 1 is 0.750 bits per heavy atom. The molecule has 0 spiro atoms. The molecule has 0 radical (unpaired) electrons. The third-order valence-corrected chi connectivity index (χ3v) is 4.80. The summed E-state index contributed by atoms with van der Waals surface area (Å²) in [5.41, 5.74) is 5.09. The van der Waals surface area contributed by atoms with Crippen molar-refractivity contribution in [3.8, 4) is 5.82 Å². The van der Waals surface area contributed by atoms with Crippen molar-refractivity contribution in [3.63, 3.8) is 0 Å². The SMILES string of the molecule is Cc1ccc(CN(Cc2ccncc2)Cc2cccn2-c2ccccn2)cc1. The molecule has 0 aliphatic carbocycles. The molecule has 0 aliphatic rings. The molecule has 0 fully saturated rings. The highest BCUT2D eigenvalue weighted by atomic mass is 15.2. The first-order valence-corrected chi connectivity index (χ1v) is 9.52. The monoisotopic (exact) mass is 368 g/mol. The maximum Gasteiger partial charge on any atom is 0.136 e. The first kappa shape index (κ1) is 18.1. The van der Waals surface area contributed by atoms with Gasteiger partial charge in [0.05, 0.1) is 0 Å². The van der Waals surface area contributed by atoms with Gasteiger partial charge in [-0.1, -0.05) is 35.9 Å². The summed E-state index contributed by atoms with van der Waals surface area (Å²) in [5.74, 6) is 0.946. The van der Waals surface area contributed by atoms with Crippen molar-refractivity contribution in [3.05, 3.63) is 114 Å². The van der Waals surface area contributed by atoms with E-state index in [0.717, 1.165) is 25.5 Å². The van der Waals surface area contributed by atoms with Crippen LogP contribution in [0, 0.1) is 6.92 Å². The maximum atomic E-state index is 4.50. The molecule has 1 aromatic carbocycles. The van der Waals surface area contributed by atoms with E-state index in [4.69, 9.17) is 0 Å². The number of rotatable bonds is 7. The molecule has 4 aromatic rings. The lowest BCUT2D eigenvalue weighted by atomic mass is 10.1. The minimum Gasteiger partial charge on any atom is -0.304 e. The number of nitrogens with zero attached hydrogens (tertiary/aromatic N) is 4. The zero-order chi connectivity index (χ0) is 19.2. The lowest BCUT2D eigenvalue weighted by Gasteiger charge is -2.23. The molecule has 0 N–H and O–H groups in total. The van der Waals surface area contributed by atoms with Crippen molar-refractivity contribution >= 4 is 0 Å². The van der Waals surface area contributed by atoms with Crippen LogP contribution in [0.5, 0.6) is 0 Å². The molecule has 0 unspecified atom stereocenters. The van der Waals surface area contributed by atoms with E-state index >= 15 is 0 Å². The van der Waals surface area contributed by atoms with Crippen LogP contribution in [-0.4, -0.2) is 19.4 Å². The van der Waals surface area contributed by atoms with Gasteiger partial charge in [0, 0.05) is 50.1 Å². The minimum absolute atomic E-state index is 0.833. The van der Waals surface area contributed by atoms with Crippen LogP contribution in [0.4, 0.5) is 0 Å². The Hall–Kier alpha value is -3.24. The van der Waals surface area contributed by atoms with E-state index in [1.807, 2.05) is 36.8 Å². The van der Waals surface area contributed by atoms with Crippen LogP contribution in [-0.2, 0) is 19.6 Å². The number of aryl methyl sites for hydroxylation is 1. The van der Waals surface area contributed by atoms with Gasteiger partial charge in [-0.05, 0) is 54.4 Å². The molecule has 0 bridgehead atoms. The van der Waals surface area contributed by atoms with Crippen molar-refractivity contribution in [2.75, 3.05) is 0 Å². The fraction of sp³-hybridized carbons (Fsp3) is 0.167. The van der Waals surface area contributed by atoms with Crippen molar-refractivity contribution < 1.29 is 0 Å². The molecule has 28 heavy (non-hydrogen) atoms. The average Bonchev–Trinajstić information content (AvgIpc) is 3.19. The van der Waals surface area contributed by atoms with Crippen LogP contribution in [0.15, 0.2) is 91.5 Å². The molecule has 4 nitrogen and oxygen atoms in total. The van der Waals surface area contributed by atoms with E-state index < -0.39 is 0 Å². The molecule has 4 heteroatoms. The van der Waals surface area contributed by atoms with E-state index in [9.17, 15) is 0 Å². The van der Waals surface area contributed by atoms with Gasteiger partial charge in [0.15, 0.2) is 0 Å². The first-order chi connectivity index (χ1) is 13.8. The van der Waals surface area contributed by atoms with Crippen molar-refractivity contribution in [1.82, 2.24) is 19.4 Å². The van der Waals surface area contributed by atoms with Crippen LogP contribution in [0.3, 0.4) is 0 Å². The van der Waals surface area contributed by atoms with E-state index in [0.29, 0.717) is 0 Å². The average molecular weight is 368 g/mol. The zero-order valence-corrected chi connectivity index (χ0v) is 16.1. The molecule has 0 atom stereocenters. The predicted molar refractivity (Wildman–Crippen MR) is 112 cm³/mol. The Morgan fingerprint density at radius 2 is 1.50 bits per heavy atom. The molecule has 0 amide bonds. The van der Waals surface area contributed by atoms with Crippen LogP contribution in [0.25, 0.3) is 5.82 Å². The first-order valence-electron chi connectivity index (χ1n) is 9.52. The minimum atomic E-state index is 0.833. The second kappa shape index (κ2) is 8.63. The van der Waals surface area contributed by atoms with Crippen molar-refractivity contribution in [1.29, 1.82) is 0 Å². The van der Waals surface area contributed by atoms with Gasteiger partial charge in [-0.15, -0.1) is 0 Å². The molecule has 0 aliphatic heterocycles. The Balaban J connectivity index is 1.59. The lowest BCUT2D eigenvalue weighted by Crippen LogP contribution is -2.23. The quantitative estimate of drug-likeness (QED) is 0.471. The van der Waals surface area contributed by atoms with Crippen molar-refractivity contribution in [2.24, 2.45) is 0 Å². The Kier molecular flexibility index (Phi) is 5.59. The predicted octanol–water partition coefficient (Wildman–Crippen LogP) is 4.78. The number of benzene rings is 1. The summed E-state index contributed by atoms with van der Waals surface area (Å²) in [6.45, 7) is 4.71. The van der Waals surface area contributed by atoms with Crippen molar-refractivity contribution in [2.45, 2.75) is 26.6 Å². The summed E-state index contributed by atoms with van der Waals surface area (Å²) in [5, 5.41) is 0. The standard InChI is InChI=1S/C24H24N4/c1-20-7-9-21(10-8-20)17-27(18-22-11-14-25-15-12-22)19-23-5-4-16-28(23)24-6-2-3-13-26-24/h2-16H,17-19H2,1H3. The summed E-state index contributed by atoms with van der Waals surface area (Å²) in [6, 6.07) is 23.2. The molecule has 4 rings (SSSR count). The fourth-order valence-electron chi connectivity index (χ4n) is 3.36. The second-order valence-electron chi connectivity index (χ2n) is 7.04. The summed E-state index contributed by atoms with van der Waals surface area (Å²) < 4.78 is 2.16. The second-order valence-corrected chi connectivity index (χ2v) is 7.04. The Bertz CT molecular complexity index is 992. The zero-order valence-electron chi connectivity index (χ0n) is 16.1. The third kappa shape index (κ3) is 4.53. The molecule has 3 aromatic heterocycles. The van der Waals surface area contributed by atoms with Gasteiger partial charge in [0.1, 0.15) is 5.82 Å². The van der Waals surface area contributed by atoms with E-state index in [-0.39, 0.29) is 0 Å². The Labute approximate surface area is 166 Å². The van der Waals surface area contributed by atoms with Gasteiger partial charge in [-0.2, -0.15) is 0 Å². The molecule has 0 saturated heterocycles. The number of hydrogen-bond donors (Lipinski definition) is 0. The molecular weight excluding hydrogens is 344 g/mol. The van der Waals surface area contributed by atoms with E-state index in [2.05, 4.69) is 81.1 Å². The van der Waals surface area contributed by atoms with E-state index in [1.165, 1.54) is 22.4 Å². The van der Waals surface area contributed by atoms with Crippen LogP contribution >= 0.6 is 0 Å². The summed E-state index contributed by atoms with van der Waals surface area (Å²) in [4.78, 5) is 11.1. The van der Waals surface area contributed by atoms with Gasteiger partial charge in [-0.3, -0.25) is 9.88 Å². The number of aromatic nitrogens is 3. The number of pyridine rings is 2. The maximum absolute atomic E-state index is 4.50. The van der Waals surface area contributed by atoms with Crippen LogP contribution in [0.2, 0.25) is 0 Å². The highest BCUT2D eigenvalue weighted by Crippen LogP contribution is 2.17. The molecular formula is C24H24N4. The normalized spacial score (nSPS) is 11.1. The molecule has 3 heterocycles. The largest absolute Gasteiger partial charge is 0.304 e. The lowest BCUT2D eigenvalue weighted by molar-refractivity contribution is 0.243. The van der Waals surface area contributed by atoms with E-state index in [1.54, 1.807) is 0 Å². The van der Waals surface area contributed by atoms with Gasteiger partial charge in [0.2, 0.25) is 0 Å². The topological polar surface area (TPSA) is 34.0 Å². The fourth-order valence-corrected chi connectivity index (χ4v) is 3.36. The smallest absolute Gasteiger partial charge is 0.136 e. The highest BCUT2D eigenvalue weighted by molar-refractivity contribution is 5.28. The van der Waals surface area contributed by atoms with Crippen LogP contribution in [0.1, 0.15) is 22.4 Å². The summed E-state index contributed by atoms with van der Waals surface area (Å²) in [7, 11) is 0. The Morgan fingerprint density at radius 3 is 2.21 bits per heavy atom. The highest BCUT2D eigenvalue weighted by Gasteiger charge is 2.12. The third-order valence-electron chi connectivity index (χ3n) is 4.80. The summed E-state index contributed by atoms with van der Waals surface area (Å²) in [6.07, 6.45) is 7.63. The molecule has 0 saturated carbocycles. The van der Waals surface area contributed by atoms with Gasteiger partial charge in [0.25, 0.3) is 0 Å².